The third-order valence-corrected chi connectivity index (χ3v) is 7.64. The number of methoxy groups -OCH3 is 2. The van der Waals surface area contributed by atoms with Gasteiger partial charge in [0.25, 0.3) is 5.91 Å². The van der Waals surface area contributed by atoms with E-state index in [1.807, 2.05) is 12.1 Å². The van der Waals surface area contributed by atoms with Crippen LogP contribution in [0.3, 0.4) is 0 Å². The molecule has 7 nitrogen and oxygen atoms in total. The number of carbonyl (C=O) groups excluding carboxylic acids is 2. The van der Waals surface area contributed by atoms with Crippen LogP contribution in [0.1, 0.15) is 11.1 Å². The molecule has 0 bridgehead atoms. The van der Waals surface area contributed by atoms with E-state index in [0.717, 1.165) is 0 Å². The van der Waals surface area contributed by atoms with Gasteiger partial charge in [0.1, 0.15) is 17.3 Å². The van der Waals surface area contributed by atoms with Gasteiger partial charge in [-0.25, -0.2) is 9.18 Å². The smallest absolute Gasteiger partial charge is 0.323 e. The highest BCUT2D eigenvalue weighted by Crippen LogP contribution is 2.55. The van der Waals surface area contributed by atoms with Gasteiger partial charge in [0.05, 0.1) is 26.5 Å². The monoisotopic (exact) mass is 493 g/mol. The molecule has 0 aromatic heterocycles. The molecule has 3 amide bonds. The summed E-state index contributed by atoms with van der Waals surface area (Å²) in [7, 11) is 3.14. The van der Waals surface area contributed by atoms with E-state index in [0.29, 0.717) is 46.3 Å². The Balaban J connectivity index is 1.52. The van der Waals surface area contributed by atoms with Crippen LogP contribution < -0.4 is 19.7 Å². The number of urea groups is 1. The van der Waals surface area contributed by atoms with Gasteiger partial charge < -0.3 is 19.7 Å². The second-order valence-corrected chi connectivity index (χ2v) is 9.49. The standard InChI is InChI=1S/C26H24FN3O4S/c1-33-20-8-6-19(7-9-20)28-25(32)30-12-13-35-26(30)22-15-21(34-2)10-11-23(22)29(24(26)31)16-17-4-3-5-18(27)14-17/h3-11,14-15H,12-13,16H2,1-2H3,(H,28,32)/t26-/m1/s1. The molecule has 180 valence electrons. The quantitative estimate of drug-likeness (QED) is 0.552. The number of benzene rings is 3. The molecule has 2 aliphatic rings. The summed E-state index contributed by atoms with van der Waals surface area (Å²) in [5, 5.41) is 2.90. The minimum absolute atomic E-state index is 0.187. The molecule has 5 rings (SSSR count). The van der Waals surface area contributed by atoms with Crippen LogP contribution >= 0.6 is 11.8 Å². The second kappa shape index (κ2) is 9.14. The van der Waals surface area contributed by atoms with Gasteiger partial charge in [0.2, 0.25) is 0 Å². The van der Waals surface area contributed by atoms with Gasteiger partial charge in [0.15, 0.2) is 4.87 Å². The van der Waals surface area contributed by atoms with Gasteiger partial charge in [-0.3, -0.25) is 9.69 Å². The van der Waals surface area contributed by atoms with E-state index in [2.05, 4.69) is 5.32 Å². The lowest BCUT2D eigenvalue weighted by molar-refractivity contribution is -0.123. The molecule has 3 aromatic carbocycles. The van der Waals surface area contributed by atoms with Crippen molar-refractivity contribution in [1.82, 2.24) is 4.90 Å². The molecule has 1 N–H and O–H groups in total. The number of amides is 3. The summed E-state index contributed by atoms with van der Waals surface area (Å²) in [6.07, 6.45) is 0. The van der Waals surface area contributed by atoms with Gasteiger partial charge in [-0.1, -0.05) is 12.1 Å². The summed E-state index contributed by atoms with van der Waals surface area (Å²) in [6.45, 7) is 0.578. The van der Waals surface area contributed by atoms with Crippen LogP contribution in [0.2, 0.25) is 0 Å². The summed E-state index contributed by atoms with van der Waals surface area (Å²) in [6, 6.07) is 18.2. The van der Waals surface area contributed by atoms with Gasteiger partial charge in [-0.15, -0.1) is 11.8 Å². The van der Waals surface area contributed by atoms with Crippen LogP contribution in [-0.2, 0) is 16.2 Å². The molecule has 2 aliphatic heterocycles. The van der Waals surface area contributed by atoms with Crippen LogP contribution in [-0.4, -0.2) is 43.4 Å². The van der Waals surface area contributed by atoms with E-state index >= 15 is 0 Å². The van der Waals surface area contributed by atoms with Gasteiger partial charge in [-0.2, -0.15) is 0 Å². The predicted molar refractivity (Wildman–Crippen MR) is 133 cm³/mol. The minimum Gasteiger partial charge on any atom is -0.497 e. The third-order valence-electron chi connectivity index (χ3n) is 6.22. The predicted octanol–water partition coefficient (Wildman–Crippen LogP) is 4.82. The van der Waals surface area contributed by atoms with E-state index in [-0.39, 0.29) is 24.3 Å². The Bertz CT molecular complexity index is 1290. The molecule has 1 fully saturated rings. The maximum absolute atomic E-state index is 14.1. The average Bonchev–Trinajstić information content (AvgIpc) is 3.41. The zero-order chi connectivity index (χ0) is 24.6. The van der Waals surface area contributed by atoms with Crippen molar-refractivity contribution in [2.75, 3.05) is 36.7 Å². The average molecular weight is 494 g/mol. The SMILES string of the molecule is COc1ccc(NC(=O)N2CCS[C@]23C(=O)N(Cc2cccc(F)c2)c2ccc(OC)cc23)cc1. The fraction of sp³-hybridized carbons (Fsp3) is 0.231. The van der Waals surface area contributed by atoms with Crippen molar-refractivity contribution < 1.29 is 23.5 Å². The molecule has 35 heavy (non-hydrogen) atoms. The van der Waals surface area contributed by atoms with Crippen molar-refractivity contribution in [2.45, 2.75) is 11.4 Å². The number of thioether (sulfide) groups is 1. The number of carbonyl (C=O) groups is 2. The molecule has 1 saturated heterocycles. The highest BCUT2D eigenvalue weighted by atomic mass is 32.2. The Hall–Kier alpha value is -3.72. The number of fused-ring (bicyclic) bond motifs is 2. The molecule has 3 aromatic rings. The summed E-state index contributed by atoms with van der Waals surface area (Å²) < 4.78 is 24.5. The van der Waals surface area contributed by atoms with Gasteiger partial charge >= 0.3 is 6.03 Å². The highest BCUT2D eigenvalue weighted by Gasteiger charge is 2.59. The summed E-state index contributed by atoms with van der Waals surface area (Å²) in [4.78, 5) is 29.5. The van der Waals surface area contributed by atoms with E-state index in [1.165, 1.54) is 23.9 Å². The lowest BCUT2D eigenvalue weighted by atomic mass is 10.1. The summed E-state index contributed by atoms with van der Waals surface area (Å²) in [5.74, 6) is 1.25. The van der Waals surface area contributed by atoms with Crippen molar-refractivity contribution in [2.24, 2.45) is 0 Å². The molecule has 9 heteroatoms. The maximum atomic E-state index is 14.1. The zero-order valence-corrected chi connectivity index (χ0v) is 20.1. The topological polar surface area (TPSA) is 71.1 Å². The summed E-state index contributed by atoms with van der Waals surface area (Å²) in [5.41, 5.74) is 2.62. The fourth-order valence-corrected chi connectivity index (χ4v) is 6.01. The fourth-order valence-electron chi connectivity index (χ4n) is 4.56. The molecule has 0 unspecified atom stereocenters. The van der Waals surface area contributed by atoms with Crippen molar-refractivity contribution in [3.8, 4) is 11.5 Å². The van der Waals surface area contributed by atoms with Crippen LogP contribution in [0.15, 0.2) is 66.7 Å². The number of nitrogens with one attached hydrogen (secondary N) is 1. The number of nitrogens with zero attached hydrogens (tertiary/aromatic N) is 2. The molecular weight excluding hydrogens is 469 g/mol. The Labute approximate surface area is 206 Å². The van der Waals surface area contributed by atoms with Crippen molar-refractivity contribution in [3.05, 3.63) is 83.7 Å². The second-order valence-electron chi connectivity index (χ2n) is 8.21. The van der Waals surface area contributed by atoms with Crippen molar-refractivity contribution in [3.63, 3.8) is 0 Å². The van der Waals surface area contributed by atoms with Crippen LogP contribution in [0.4, 0.5) is 20.6 Å². The lowest BCUT2D eigenvalue weighted by Gasteiger charge is -2.33. The number of rotatable bonds is 5. The third kappa shape index (κ3) is 3.95. The number of anilines is 2. The Morgan fingerprint density at radius 2 is 1.80 bits per heavy atom. The molecule has 1 atom stereocenters. The number of halogens is 1. The molecule has 0 radical (unpaired) electrons. The Morgan fingerprint density at radius 3 is 2.51 bits per heavy atom. The molecular formula is C26H24FN3O4S. The number of hydrogen-bond acceptors (Lipinski definition) is 5. The Morgan fingerprint density at radius 1 is 1.06 bits per heavy atom. The van der Waals surface area contributed by atoms with Gasteiger partial charge in [-0.05, 0) is 60.2 Å². The van der Waals surface area contributed by atoms with Crippen molar-refractivity contribution in [1.29, 1.82) is 0 Å². The highest BCUT2D eigenvalue weighted by molar-refractivity contribution is 8.01. The first kappa shape index (κ1) is 23.0. The van der Waals surface area contributed by atoms with E-state index < -0.39 is 4.87 Å². The first-order chi connectivity index (χ1) is 17.0. The molecule has 2 heterocycles. The first-order valence-corrected chi connectivity index (χ1v) is 12.1. The zero-order valence-electron chi connectivity index (χ0n) is 19.3. The maximum Gasteiger partial charge on any atom is 0.323 e. The van der Waals surface area contributed by atoms with Crippen molar-refractivity contribution >= 4 is 35.1 Å². The van der Waals surface area contributed by atoms with Gasteiger partial charge in [0, 0.05) is 23.5 Å². The first-order valence-electron chi connectivity index (χ1n) is 11.1. The van der Waals surface area contributed by atoms with Crippen LogP contribution in [0, 0.1) is 5.82 Å². The Kier molecular flexibility index (Phi) is 6.02. The number of ether oxygens (including phenoxy) is 2. The van der Waals surface area contributed by atoms with E-state index in [1.54, 1.807) is 66.5 Å². The van der Waals surface area contributed by atoms with Crippen LogP contribution in [0.5, 0.6) is 11.5 Å². The molecule has 1 spiro atoms. The minimum atomic E-state index is -1.24. The normalized spacial score (nSPS) is 18.7. The largest absolute Gasteiger partial charge is 0.497 e. The molecule has 0 saturated carbocycles. The lowest BCUT2D eigenvalue weighted by Crippen LogP contribution is -2.51. The summed E-state index contributed by atoms with van der Waals surface area (Å²) >= 11 is 1.42. The molecule has 0 aliphatic carbocycles. The van der Waals surface area contributed by atoms with Crippen LogP contribution in [0.25, 0.3) is 0 Å². The van der Waals surface area contributed by atoms with E-state index in [4.69, 9.17) is 9.47 Å². The number of hydrogen-bond donors (Lipinski definition) is 1. The van der Waals surface area contributed by atoms with E-state index in [9.17, 15) is 14.0 Å².